The summed E-state index contributed by atoms with van der Waals surface area (Å²) >= 11 is 0. The number of carbonyl (C=O) groups excluding carboxylic acids is 1. The molecule has 2 rings (SSSR count). The number of hydrogen-bond donors (Lipinski definition) is 2. The summed E-state index contributed by atoms with van der Waals surface area (Å²) in [5.74, 6) is 0.171. The van der Waals surface area contributed by atoms with Crippen molar-refractivity contribution in [1.82, 2.24) is 10.3 Å². The van der Waals surface area contributed by atoms with Crippen LogP contribution >= 0.6 is 0 Å². The normalized spacial score (nSPS) is 9.90. The van der Waals surface area contributed by atoms with Crippen molar-refractivity contribution in [3.05, 3.63) is 54.0 Å². The fourth-order valence-electron chi connectivity index (χ4n) is 1.53. The number of ether oxygens (including phenoxy) is 1. The summed E-state index contributed by atoms with van der Waals surface area (Å²) < 4.78 is 17.7. The topological polar surface area (TPSA) is 63.2 Å². The van der Waals surface area contributed by atoms with Crippen LogP contribution in [-0.4, -0.2) is 18.1 Å². The number of methoxy groups -OCH3 is 1. The molecule has 0 saturated carbocycles. The zero-order valence-corrected chi connectivity index (χ0v) is 10.9. The van der Waals surface area contributed by atoms with E-state index in [4.69, 9.17) is 4.74 Å². The quantitative estimate of drug-likeness (QED) is 0.901. The molecule has 5 nitrogen and oxygen atoms in total. The van der Waals surface area contributed by atoms with Gasteiger partial charge in [0.2, 0.25) is 5.88 Å². The maximum atomic E-state index is 12.7. The Balaban J connectivity index is 1.83. The fraction of sp³-hybridized carbons (Fsp3) is 0.143. The highest BCUT2D eigenvalue weighted by molar-refractivity contribution is 5.89. The predicted molar refractivity (Wildman–Crippen MR) is 73.0 cm³/mol. The first-order valence-corrected chi connectivity index (χ1v) is 5.97. The molecule has 0 aliphatic rings. The first kappa shape index (κ1) is 13.8. The summed E-state index contributed by atoms with van der Waals surface area (Å²) in [7, 11) is 1.54. The number of pyridine rings is 1. The monoisotopic (exact) mass is 275 g/mol. The third kappa shape index (κ3) is 3.94. The molecule has 0 aliphatic heterocycles. The van der Waals surface area contributed by atoms with Gasteiger partial charge < -0.3 is 15.4 Å². The summed E-state index contributed by atoms with van der Waals surface area (Å²) in [5, 5.41) is 5.28. The van der Waals surface area contributed by atoms with E-state index in [1.807, 2.05) is 6.07 Å². The number of rotatable bonds is 4. The number of halogens is 1. The van der Waals surface area contributed by atoms with Crippen molar-refractivity contribution in [2.45, 2.75) is 6.54 Å². The van der Waals surface area contributed by atoms with Crippen LogP contribution < -0.4 is 15.4 Å². The molecule has 1 aromatic heterocycles. The summed E-state index contributed by atoms with van der Waals surface area (Å²) in [6.45, 7) is 0.337. The van der Waals surface area contributed by atoms with Gasteiger partial charge in [-0.25, -0.2) is 14.2 Å². The molecule has 2 N–H and O–H groups in total. The molecule has 1 aromatic carbocycles. The first-order valence-electron chi connectivity index (χ1n) is 5.97. The highest BCUT2D eigenvalue weighted by Crippen LogP contribution is 2.08. The Bertz CT molecular complexity index is 570. The van der Waals surface area contributed by atoms with E-state index in [1.54, 1.807) is 12.3 Å². The first-order chi connectivity index (χ1) is 9.67. The van der Waals surface area contributed by atoms with Gasteiger partial charge in [-0.15, -0.1) is 0 Å². The van der Waals surface area contributed by atoms with Gasteiger partial charge in [-0.1, -0.05) is 6.07 Å². The van der Waals surface area contributed by atoms with E-state index < -0.39 is 0 Å². The molecule has 0 bridgehead atoms. The van der Waals surface area contributed by atoms with E-state index in [-0.39, 0.29) is 11.8 Å². The van der Waals surface area contributed by atoms with E-state index in [0.29, 0.717) is 18.1 Å². The van der Waals surface area contributed by atoms with Gasteiger partial charge >= 0.3 is 6.03 Å². The van der Waals surface area contributed by atoms with Gasteiger partial charge in [-0.2, -0.15) is 0 Å². The molecule has 0 unspecified atom stereocenters. The molecular formula is C14H14FN3O2. The lowest BCUT2D eigenvalue weighted by atomic mass is 10.3. The van der Waals surface area contributed by atoms with Gasteiger partial charge in [0.15, 0.2) is 0 Å². The van der Waals surface area contributed by atoms with Crippen molar-refractivity contribution in [2.24, 2.45) is 0 Å². The Morgan fingerprint density at radius 2 is 2.00 bits per heavy atom. The van der Waals surface area contributed by atoms with Crippen LogP contribution in [0.1, 0.15) is 5.56 Å². The van der Waals surface area contributed by atoms with Crippen LogP contribution in [0.2, 0.25) is 0 Å². The molecule has 0 spiro atoms. The fourth-order valence-corrected chi connectivity index (χ4v) is 1.53. The molecule has 2 aromatic rings. The van der Waals surface area contributed by atoms with Gasteiger partial charge in [0.25, 0.3) is 0 Å². The minimum absolute atomic E-state index is 0.337. The molecule has 0 atom stereocenters. The molecule has 20 heavy (non-hydrogen) atoms. The van der Waals surface area contributed by atoms with Crippen molar-refractivity contribution >= 4 is 11.7 Å². The van der Waals surface area contributed by atoms with Crippen molar-refractivity contribution in [3.63, 3.8) is 0 Å². The number of carbonyl (C=O) groups is 1. The molecule has 104 valence electrons. The van der Waals surface area contributed by atoms with Crippen molar-refractivity contribution in [1.29, 1.82) is 0 Å². The van der Waals surface area contributed by atoms with Gasteiger partial charge in [-0.05, 0) is 29.8 Å². The van der Waals surface area contributed by atoms with Gasteiger partial charge in [0.05, 0.1) is 7.11 Å². The largest absolute Gasteiger partial charge is 0.481 e. The molecular weight excluding hydrogens is 261 g/mol. The Kier molecular flexibility index (Phi) is 4.49. The zero-order chi connectivity index (χ0) is 14.4. The van der Waals surface area contributed by atoms with Crippen LogP contribution in [0.5, 0.6) is 5.88 Å². The maximum Gasteiger partial charge on any atom is 0.319 e. The average Bonchev–Trinajstić information content (AvgIpc) is 2.48. The van der Waals surface area contributed by atoms with Gasteiger partial charge in [-0.3, -0.25) is 0 Å². The second-order valence-electron chi connectivity index (χ2n) is 4.02. The second kappa shape index (κ2) is 6.51. The van der Waals surface area contributed by atoms with Crippen molar-refractivity contribution in [2.75, 3.05) is 12.4 Å². The van der Waals surface area contributed by atoms with Gasteiger partial charge in [0.1, 0.15) is 5.82 Å². The highest BCUT2D eigenvalue weighted by atomic mass is 19.1. The van der Waals surface area contributed by atoms with E-state index in [2.05, 4.69) is 15.6 Å². The number of amides is 2. The number of aromatic nitrogens is 1. The van der Waals surface area contributed by atoms with E-state index >= 15 is 0 Å². The summed E-state index contributed by atoms with van der Waals surface area (Å²) in [5.41, 5.74) is 1.37. The van der Waals surface area contributed by atoms with Crippen LogP contribution in [0.3, 0.4) is 0 Å². The number of hydrogen-bond acceptors (Lipinski definition) is 3. The van der Waals surface area contributed by atoms with Crippen LogP contribution in [0, 0.1) is 5.82 Å². The standard InChI is InChI=1S/C14H14FN3O2/c1-20-13-7-2-10(8-16-13)9-17-14(19)18-12-5-3-11(15)4-6-12/h2-8H,9H2,1H3,(H2,17,18,19). The molecule has 6 heteroatoms. The molecule has 0 saturated heterocycles. The molecule has 0 radical (unpaired) electrons. The van der Waals surface area contributed by atoms with E-state index in [0.717, 1.165) is 5.56 Å². The van der Waals surface area contributed by atoms with Crippen molar-refractivity contribution in [3.8, 4) is 5.88 Å². The van der Waals surface area contributed by atoms with Gasteiger partial charge in [0, 0.05) is 24.5 Å². The minimum Gasteiger partial charge on any atom is -0.481 e. The summed E-state index contributed by atoms with van der Waals surface area (Å²) in [6.07, 6.45) is 1.62. The van der Waals surface area contributed by atoms with Crippen LogP contribution in [0.15, 0.2) is 42.6 Å². The number of benzene rings is 1. The van der Waals surface area contributed by atoms with Crippen LogP contribution in [0.4, 0.5) is 14.9 Å². The third-order valence-corrected chi connectivity index (χ3v) is 2.56. The number of anilines is 1. The number of nitrogens with zero attached hydrogens (tertiary/aromatic N) is 1. The van der Waals surface area contributed by atoms with E-state index in [1.165, 1.54) is 31.4 Å². The molecule has 0 fully saturated rings. The minimum atomic E-state index is -0.368. The zero-order valence-electron chi connectivity index (χ0n) is 10.9. The predicted octanol–water partition coefficient (Wildman–Crippen LogP) is 2.55. The lowest BCUT2D eigenvalue weighted by molar-refractivity contribution is 0.251. The van der Waals surface area contributed by atoms with Crippen LogP contribution in [-0.2, 0) is 6.54 Å². The Hall–Kier alpha value is -2.63. The molecule has 1 heterocycles. The Labute approximate surface area is 115 Å². The molecule has 2 amide bonds. The van der Waals surface area contributed by atoms with Crippen LogP contribution in [0.25, 0.3) is 0 Å². The van der Waals surface area contributed by atoms with Crippen molar-refractivity contribution < 1.29 is 13.9 Å². The lowest BCUT2D eigenvalue weighted by Crippen LogP contribution is -2.28. The SMILES string of the molecule is COc1ccc(CNC(=O)Nc2ccc(F)cc2)cn1. The smallest absolute Gasteiger partial charge is 0.319 e. The Morgan fingerprint density at radius 1 is 1.25 bits per heavy atom. The number of urea groups is 1. The van der Waals surface area contributed by atoms with E-state index in [9.17, 15) is 9.18 Å². The number of nitrogens with one attached hydrogen (secondary N) is 2. The average molecular weight is 275 g/mol. The summed E-state index contributed by atoms with van der Waals surface area (Å²) in [6, 6.07) is 8.70. The second-order valence-corrected chi connectivity index (χ2v) is 4.02. The lowest BCUT2D eigenvalue weighted by Gasteiger charge is -2.07. The molecule has 0 aliphatic carbocycles. The summed E-state index contributed by atoms with van der Waals surface area (Å²) in [4.78, 5) is 15.7. The highest BCUT2D eigenvalue weighted by Gasteiger charge is 2.02. The Morgan fingerprint density at radius 3 is 2.60 bits per heavy atom. The maximum absolute atomic E-state index is 12.7. The third-order valence-electron chi connectivity index (χ3n) is 2.56.